The van der Waals surface area contributed by atoms with Gasteiger partial charge in [-0.1, -0.05) is 41.6 Å². The Labute approximate surface area is 185 Å². The van der Waals surface area contributed by atoms with E-state index < -0.39 is 6.04 Å². The molecule has 1 aliphatic rings. The number of aromatic hydroxyl groups is 1. The number of nitrogens with zero attached hydrogens (tertiary/aromatic N) is 3. The Bertz CT molecular complexity index is 1140. The Balaban J connectivity index is 1.81. The van der Waals surface area contributed by atoms with Gasteiger partial charge < -0.3 is 24.4 Å². The second-order valence-corrected chi connectivity index (χ2v) is 7.25. The SMILES string of the molecule is COCCN1C(=O)NC(c2ccc(OC)c(O)c2)C(c2nc(-c3ccccc3)no2)=C1C. The van der Waals surface area contributed by atoms with Crippen molar-refractivity contribution < 1.29 is 23.9 Å². The number of phenolic OH excluding ortho intramolecular Hbond substituents is 1. The molecular weight excluding hydrogens is 412 g/mol. The van der Waals surface area contributed by atoms with Gasteiger partial charge in [-0.2, -0.15) is 4.98 Å². The molecule has 2 aromatic carbocycles. The van der Waals surface area contributed by atoms with Crippen molar-refractivity contribution in [2.75, 3.05) is 27.4 Å². The van der Waals surface area contributed by atoms with Gasteiger partial charge in [-0.15, -0.1) is 0 Å². The van der Waals surface area contributed by atoms with Gasteiger partial charge in [0.15, 0.2) is 11.5 Å². The molecule has 0 spiro atoms. The third-order valence-electron chi connectivity index (χ3n) is 5.34. The van der Waals surface area contributed by atoms with Crippen molar-refractivity contribution in [1.82, 2.24) is 20.4 Å². The highest BCUT2D eigenvalue weighted by molar-refractivity contribution is 5.87. The number of allylic oxidation sites excluding steroid dienone is 1. The third-order valence-corrected chi connectivity index (χ3v) is 5.34. The Morgan fingerprint density at radius 1 is 1.19 bits per heavy atom. The van der Waals surface area contributed by atoms with Crippen LogP contribution in [0.25, 0.3) is 17.0 Å². The van der Waals surface area contributed by atoms with E-state index in [0.717, 1.165) is 5.56 Å². The van der Waals surface area contributed by atoms with Crippen LogP contribution in [0, 0.1) is 0 Å². The van der Waals surface area contributed by atoms with Crippen molar-refractivity contribution in [3.63, 3.8) is 0 Å². The minimum Gasteiger partial charge on any atom is -0.504 e. The Hall–Kier alpha value is -3.85. The quantitative estimate of drug-likeness (QED) is 0.582. The number of carbonyl (C=O) groups excluding carboxylic acids is 1. The molecule has 9 nitrogen and oxygen atoms in total. The number of hydrogen-bond acceptors (Lipinski definition) is 7. The average Bonchev–Trinajstić information content (AvgIpc) is 3.29. The molecule has 2 amide bonds. The number of nitrogens with one attached hydrogen (secondary N) is 1. The maximum atomic E-state index is 12.9. The van der Waals surface area contributed by atoms with E-state index in [0.29, 0.717) is 41.6 Å². The smallest absolute Gasteiger partial charge is 0.322 e. The van der Waals surface area contributed by atoms with Gasteiger partial charge in [-0.3, -0.25) is 4.90 Å². The summed E-state index contributed by atoms with van der Waals surface area (Å²) in [5, 5.41) is 17.4. The van der Waals surface area contributed by atoms with E-state index in [1.165, 1.54) is 7.11 Å². The highest BCUT2D eigenvalue weighted by Crippen LogP contribution is 2.39. The summed E-state index contributed by atoms with van der Waals surface area (Å²) in [4.78, 5) is 19.0. The van der Waals surface area contributed by atoms with Gasteiger partial charge in [-0.25, -0.2) is 4.79 Å². The molecule has 9 heteroatoms. The van der Waals surface area contributed by atoms with Crippen LogP contribution in [0.1, 0.15) is 24.4 Å². The largest absolute Gasteiger partial charge is 0.504 e. The van der Waals surface area contributed by atoms with E-state index >= 15 is 0 Å². The fourth-order valence-electron chi connectivity index (χ4n) is 3.68. The first kappa shape index (κ1) is 21.4. The summed E-state index contributed by atoms with van der Waals surface area (Å²) in [6.07, 6.45) is 0. The van der Waals surface area contributed by atoms with Gasteiger partial charge in [0, 0.05) is 18.4 Å². The summed E-state index contributed by atoms with van der Waals surface area (Å²) in [5.41, 5.74) is 2.77. The normalized spacial score (nSPS) is 16.3. The van der Waals surface area contributed by atoms with E-state index in [-0.39, 0.29) is 17.7 Å². The first-order valence-electron chi connectivity index (χ1n) is 10.1. The lowest BCUT2D eigenvalue weighted by Crippen LogP contribution is -2.47. The molecule has 166 valence electrons. The summed E-state index contributed by atoms with van der Waals surface area (Å²) < 4.78 is 15.9. The van der Waals surface area contributed by atoms with Crippen molar-refractivity contribution in [3.8, 4) is 22.9 Å². The van der Waals surface area contributed by atoms with Crippen LogP contribution in [0.3, 0.4) is 0 Å². The number of hydrogen-bond donors (Lipinski definition) is 2. The Morgan fingerprint density at radius 2 is 1.97 bits per heavy atom. The maximum Gasteiger partial charge on any atom is 0.322 e. The van der Waals surface area contributed by atoms with Gasteiger partial charge in [0.05, 0.1) is 31.9 Å². The standard InChI is InChI=1S/C23H24N4O5/c1-14-19(22-25-21(26-32-22)15-7-5-4-6-8-15)20(24-23(29)27(14)11-12-30-2)16-9-10-18(31-3)17(28)13-16/h4-10,13,20,28H,11-12H2,1-3H3,(H,24,29). The summed E-state index contributed by atoms with van der Waals surface area (Å²) >= 11 is 0. The molecule has 0 radical (unpaired) electrons. The zero-order chi connectivity index (χ0) is 22.7. The van der Waals surface area contributed by atoms with E-state index in [1.807, 2.05) is 37.3 Å². The monoisotopic (exact) mass is 436 g/mol. The molecule has 3 aromatic rings. The molecular formula is C23H24N4O5. The molecule has 0 bridgehead atoms. The molecule has 1 atom stereocenters. The van der Waals surface area contributed by atoms with Crippen molar-refractivity contribution in [3.05, 3.63) is 65.7 Å². The lowest BCUT2D eigenvalue weighted by Gasteiger charge is -2.35. The fraction of sp³-hybridized carbons (Fsp3) is 0.261. The zero-order valence-electron chi connectivity index (χ0n) is 18.0. The van der Waals surface area contributed by atoms with Gasteiger partial charge >= 0.3 is 6.03 Å². The molecule has 1 aromatic heterocycles. The van der Waals surface area contributed by atoms with E-state index in [4.69, 9.17) is 14.0 Å². The van der Waals surface area contributed by atoms with E-state index in [1.54, 1.807) is 30.2 Å². The van der Waals surface area contributed by atoms with Crippen molar-refractivity contribution >= 4 is 11.6 Å². The minimum absolute atomic E-state index is 0.0337. The van der Waals surface area contributed by atoms with E-state index in [9.17, 15) is 9.90 Å². The second-order valence-electron chi connectivity index (χ2n) is 7.25. The molecule has 0 aliphatic carbocycles. The molecule has 1 aliphatic heterocycles. The van der Waals surface area contributed by atoms with Crippen LogP contribution in [0.4, 0.5) is 4.79 Å². The van der Waals surface area contributed by atoms with Crippen LogP contribution in [0.5, 0.6) is 11.5 Å². The molecule has 2 heterocycles. The number of methoxy groups -OCH3 is 2. The van der Waals surface area contributed by atoms with E-state index in [2.05, 4.69) is 15.5 Å². The predicted octanol–water partition coefficient (Wildman–Crippen LogP) is 3.59. The highest BCUT2D eigenvalue weighted by Gasteiger charge is 2.36. The van der Waals surface area contributed by atoms with Crippen LogP contribution in [-0.4, -0.2) is 53.5 Å². The molecule has 0 saturated carbocycles. The fourth-order valence-corrected chi connectivity index (χ4v) is 3.68. The maximum absolute atomic E-state index is 12.9. The van der Waals surface area contributed by atoms with Gasteiger partial charge in [-0.05, 0) is 24.6 Å². The number of rotatable bonds is 7. The van der Waals surface area contributed by atoms with Crippen molar-refractivity contribution in [1.29, 1.82) is 0 Å². The van der Waals surface area contributed by atoms with Gasteiger partial charge in [0.1, 0.15) is 0 Å². The van der Waals surface area contributed by atoms with Crippen LogP contribution in [-0.2, 0) is 4.74 Å². The van der Waals surface area contributed by atoms with Crippen molar-refractivity contribution in [2.45, 2.75) is 13.0 Å². The average molecular weight is 436 g/mol. The molecule has 1 unspecified atom stereocenters. The van der Waals surface area contributed by atoms with Crippen LogP contribution in [0.2, 0.25) is 0 Å². The lowest BCUT2D eigenvalue weighted by molar-refractivity contribution is 0.158. The molecule has 32 heavy (non-hydrogen) atoms. The van der Waals surface area contributed by atoms with Gasteiger partial charge in [0.2, 0.25) is 5.82 Å². The second kappa shape index (κ2) is 9.11. The minimum atomic E-state index is -0.609. The first-order valence-corrected chi connectivity index (χ1v) is 10.1. The molecule has 4 rings (SSSR count). The van der Waals surface area contributed by atoms with Crippen molar-refractivity contribution in [2.24, 2.45) is 0 Å². The summed E-state index contributed by atoms with van der Waals surface area (Å²) in [6, 6.07) is 13.6. The predicted molar refractivity (Wildman–Crippen MR) is 117 cm³/mol. The van der Waals surface area contributed by atoms with Crippen LogP contribution in [0.15, 0.2) is 58.8 Å². The lowest BCUT2D eigenvalue weighted by atomic mass is 9.94. The number of urea groups is 1. The number of aromatic nitrogens is 2. The highest BCUT2D eigenvalue weighted by atomic mass is 16.5. The number of carbonyl (C=O) groups is 1. The number of phenols is 1. The summed E-state index contributed by atoms with van der Waals surface area (Å²) in [5.74, 6) is 1.03. The number of ether oxygens (including phenoxy) is 2. The van der Waals surface area contributed by atoms with Gasteiger partial charge in [0.25, 0.3) is 5.89 Å². The van der Waals surface area contributed by atoms with Crippen LogP contribution >= 0.6 is 0 Å². The number of benzene rings is 2. The number of amides is 2. The Kier molecular flexibility index (Phi) is 6.09. The molecule has 0 fully saturated rings. The third kappa shape index (κ3) is 4.02. The summed E-state index contributed by atoms with van der Waals surface area (Å²) in [6.45, 7) is 2.55. The summed E-state index contributed by atoms with van der Waals surface area (Å²) in [7, 11) is 3.05. The molecule has 2 N–H and O–H groups in total. The Morgan fingerprint density at radius 3 is 2.66 bits per heavy atom. The zero-order valence-corrected chi connectivity index (χ0v) is 18.0. The topological polar surface area (TPSA) is 110 Å². The van der Waals surface area contributed by atoms with Crippen LogP contribution < -0.4 is 10.1 Å². The molecule has 0 saturated heterocycles. The first-order chi connectivity index (χ1) is 15.5.